The topological polar surface area (TPSA) is 46.6 Å². The van der Waals surface area contributed by atoms with Gasteiger partial charge >= 0.3 is 5.97 Å². The Bertz CT molecular complexity index is 525. The number of esters is 1. The molecular formula is C15H19NO3S. The van der Waals surface area contributed by atoms with Crippen LogP contribution in [0.3, 0.4) is 0 Å². The number of nitrogens with zero attached hydrogens (tertiary/aromatic N) is 1. The zero-order valence-electron chi connectivity index (χ0n) is 11.6. The third-order valence-electron chi connectivity index (χ3n) is 4.36. The standard InChI is InChI=1S/C15H19NO3S/c1-19-15(18)12-5-3-8-16(12)14(17)11-4-2-6-13-10(11)7-9-20-13/h7,9,11-12H,2-6,8H2,1H3. The molecule has 0 spiro atoms. The van der Waals surface area contributed by atoms with Gasteiger partial charge in [-0.2, -0.15) is 0 Å². The number of aryl methyl sites for hydroxylation is 1. The number of hydrogen-bond acceptors (Lipinski definition) is 4. The van der Waals surface area contributed by atoms with Gasteiger partial charge in [0.15, 0.2) is 0 Å². The highest BCUT2D eigenvalue weighted by molar-refractivity contribution is 7.10. The number of methoxy groups -OCH3 is 1. The summed E-state index contributed by atoms with van der Waals surface area (Å²) in [6.45, 7) is 0.675. The molecule has 1 aromatic rings. The number of thiophene rings is 1. The van der Waals surface area contributed by atoms with Gasteiger partial charge in [-0.05, 0) is 49.1 Å². The van der Waals surface area contributed by atoms with E-state index < -0.39 is 0 Å². The molecule has 1 fully saturated rings. The molecule has 4 nitrogen and oxygen atoms in total. The summed E-state index contributed by atoms with van der Waals surface area (Å²) >= 11 is 1.74. The van der Waals surface area contributed by atoms with E-state index in [1.54, 1.807) is 16.2 Å². The molecule has 20 heavy (non-hydrogen) atoms. The first-order valence-corrected chi connectivity index (χ1v) is 8.05. The Labute approximate surface area is 122 Å². The fourth-order valence-corrected chi connectivity index (χ4v) is 4.34. The van der Waals surface area contributed by atoms with Gasteiger partial charge in [-0.25, -0.2) is 4.79 Å². The fraction of sp³-hybridized carbons (Fsp3) is 0.600. The number of hydrogen-bond donors (Lipinski definition) is 0. The normalized spacial score (nSPS) is 25.4. The number of amides is 1. The molecule has 0 radical (unpaired) electrons. The van der Waals surface area contributed by atoms with E-state index in [9.17, 15) is 9.59 Å². The molecule has 1 aromatic heterocycles. The lowest BCUT2D eigenvalue weighted by Crippen LogP contribution is -2.43. The van der Waals surface area contributed by atoms with Crippen LogP contribution in [-0.2, 0) is 20.7 Å². The second-order valence-corrected chi connectivity index (χ2v) is 6.46. The van der Waals surface area contributed by atoms with Crippen LogP contribution < -0.4 is 0 Å². The minimum Gasteiger partial charge on any atom is -0.467 e. The van der Waals surface area contributed by atoms with E-state index in [0.29, 0.717) is 6.54 Å². The fourth-order valence-electron chi connectivity index (χ4n) is 3.35. The van der Waals surface area contributed by atoms with Crippen LogP contribution in [0.5, 0.6) is 0 Å². The van der Waals surface area contributed by atoms with Gasteiger partial charge in [-0.1, -0.05) is 0 Å². The highest BCUT2D eigenvalue weighted by Gasteiger charge is 2.39. The Morgan fingerprint density at radius 1 is 1.35 bits per heavy atom. The van der Waals surface area contributed by atoms with Gasteiger partial charge in [0.2, 0.25) is 5.91 Å². The first-order chi connectivity index (χ1) is 9.72. The first kappa shape index (κ1) is 13.6. The summed E-state index contributed by atoms with van der Waals surface area (Å²) in [5, 5.41) is 2.07. The van der Waals surface area contributed by atoms with Gasteiger partial charge in [0.1, 0.15) is 6.04 Å². The number of fused-ring (bicyclic) bond motifs is 1. The van der Waals surface area contributed by atoms with E-state index in [2.05, 4.69) is 11.4 Å². The van der Waals surface area contributed by atoms with Gasteiger partial charge in [0, 0.05) is 11.4 Å². The van der Waals surface area contributed by atoms with Crippen LogP contribution in [0.15, 0.2) is 11.4 Å². The number of rotatable bonds is 2. The largest absolute Gasteiger partial charge is 0.467 e. The van der Waals surface area contributed by atoms with E-state index in [-0.39, 0.29) is 23.8 Å². The summed E-state index contributed by atoms with van der Waals surface area (Å²) in [4.78, 5) is 27.7. The van der Waals surface area contributed by atoms with Crippen LogP contribution in [0.1, 0.15) is 42.0 Å². The van der Waals surface area contributed by atoms with Crippen molar-refractivity contribution in [2.75, 3.05) is 13.7 Å². The number of carbonyl (C=O) groups is 2. The van der Waals surface area contributed by atoms with Crippen molar-refractivity contribution in [2.24, 2.45) is 0 Å². The first-order valence-electron chi connectivity index (χ1n) is 7.17. The van der Waals surface area contributed by atoms with Crippen molar-refractivity contribution in [2.45, 2.75) is 44.1 Å². The van der Waals surface area contributed by atoms with Crippen molar-refractivity contribution in [3.8, 4) is 0 Å². The smallest absolute Gasteiger partial charge is 0.328 e. The summed E-state index contributed by atoms with van der Waals surface area (Å²) in [6, 6.07) is 1.70. The number of carbonyl (C=O) groups excluding carboxylic acids is 2. The average Bonchev–Trinajstić information content (AvgIpc) is 3.13. The molecular weight excluding hydrogens is 274 g/mol. The predicted octanol–water partition coefficient (Wildman–Crippen LogP) is 2.33. The number of ether oxygens (including phenoxy) is 1. The quantitative estimate of drug-likeness (QED) is 0.786. The second kappa shape index (κ2) is 5.56. The third-order valence-corrected chi connectivity index (χ3v) is 5.36. The predicted molar refractivity (Wildman–Crippen MR) is 76.7 cm³/mol. The molecule has 1 amide bonds. The summed E-state index contributed by atoms with van der Waals surface area (Å²) in [6.07, 6.45) is 4.64. The maximum Gasteiger partial charge on any atom is 0.328 e. The molecule has 2 aliphatic rings. The lowest BCUT2D eigenvalue weighted by molar-refractivity contribution is -0.151. The molecule has 1 saturated heterocycles. The summed E-state index contributed by atoms with van der Waals surface area (Å²) in [7, 11) is 1.39. The van der Waals surface area contributed by atoms with Gasteiger partial charge in [-0.3, -0.25) is 4.79 Å². The van der Waals surface area contributed by atoms with E-state index in [1.807, 2.05) is 0 Å². The molecule has 0 aromatic carbocycles. The molecule has 5 heteroatoms. The molecule has 108 valence electrons. The van der Waals surface area contributed by atoms with Gasteiger partial charge in [0.05, 0.1) is 13.0 Å². The van der Waals surface area contributed by atoms with E-state index in [0.717, 1.165) is 32.1 Å². The van der Waals surface area contributed by atoms with Crippen molar-refractivity contribution in [3.05, 3.63) is 21.9 Å². The SMILES string of the molecule is COC(=O)C1CCCN1C(=O)C1CCCc2sccc21. The van der Waals surface area contributed by atoms with Gasteiger partial charge in [-0.15, -0.1) is 11.3 Å². The highest BCUT2D eigenvalue weighted by atomic mass is 32.1. The highest BCUT2D eigenvalue weighted by Crippen LogP contribution is 2.37. The Morgan fingerprint density at radius 2 is 2.20 bits per heavy atom. The molecule has 2 unspecified atom stereocenters. The van der Waals surface area contributed by atoms with Crippen LogP contribution in [0.2, 0.25) is 0 Å². The van der Waals surface area contributed by atoms with Crippen molar-refractivity contribution >= 4 is 23.2 Å². The molecule has 1 aliphatic heterocycles. The molecule has 0 N–H and O–H groups in total. The van der Waals surface area contributed by atoms with Crippen LogP contribution in [0.25, 0.3) is 0 Å². The minimum atomic E-state index is -0.378. The van der Waals surface area contributed by atoms with Crippen LogP contribution in [0.4, 0.5) is 0 Å². The third kappa shape index (κ3) is 2.24. The molecule has 2 heterocycles. The lowest BCUT2D eigenvalue weighted by Gasteiger charge is -2.29. The Kier molecular flexibility index (Phi) is 3.78. The van der Waals surface area contributed by atoms with Crippen molar-refractivity contribution < 1.29 is 14.3 Å². The van der Waals surface area contributed by atoms with Crippen LogP contribution in [0, 0.1) is 0 Å². The molecule has 2 atom stereocenters. The zero-order chi connectivity index (χ0) is 14.1. The summed E-state index contributed by atoms with van der Waals surface area (Å²) < 4.78 is 4.83. The summed E-state index contributed by atoms with van der Waals surface area (Å²) in [5.74, 6) is -0.232. The number of likely N-dealkylation sites (tertiary alicyclic amines) is 1. The van der Waals surface area contributed by atoms with Crippen LogP contribution >= 0.6 is 11.3 Å². The maximum atomic E-state index is 12.8. The van der Waals surface area contributed by atoms with Crippen molar-refractivity contribution in [3.63, 3.8) is 0 Å². The molecule has 1 aliphatic carbocycles. The monoisotopic (exact) mass is 293 g/mol. The Hall–Kier alpha value is -1.36. The zero-order valence-corrected chi connectivity index (χ0v) is 12.4. The average molecular weight is 293 g/mol. The molecule has 0 bridgehead atoms. The Balaban J connectivity index is 1.81. The van der Waals surface area contributed by atoms with Gasteiger partial charge in [0.25, 0.3) is 0 Å². The van der Waals surface area contributed by atoms with Crippen LogP contribution in [-0.4, -0.2) is 36.5 Å². The molecule has 0 saturated carbocycles. The van der Waals surface area contributed by atoms with E-state index in [4.69, 9.17) is 4.74 Å². The van der Waals surface area contributed by atoms with E-state index in [1.165, 1.54) is 17.6 Å². The Morgan fingerprint density at radius 3 is 3.00 bits per heavy atom. The second-order valence-electron chi connectivity index (χ2n) is 5.46. The maximum absolute atomic E-state index is 12.8. The van der Waals surface area contributed by atoms with Crippen molar-refractivity contribution in [1.82, 2.24) is 4.90 Å². The summed E-state index contributed by atoms with van der Waals surface area (Å²) in [5.41, 5.74) is 1.18. The lowest BCUT2D eigenvalue weighted by atomic mass is 9.86. The van der Waals surface area contributed by atoms with E-state index >= 15 is 0 Å². The van der Waals surface area contributed by atoms with Crippen molar-refractivity contribution in [1.29, 1.82) is 0 Å². The molecule has 3 rings (SSSR count). The minimum absolute atomic E-state index is 0.0599. The van der Waals surface area contributed by atoms with Gasteiger partial charge < -0.3 is 9.64 Å².